The third-order valence-electron chi connectivity index (χ3n) is 2.65. The molecule has 0 fully saturated rings. The Kier molecular flexibility index (Phi) is 3.48. The van der Waals surface area contributed by atoms with E-state index in [1.165, 1.54) is 0 Å². The van der Waals surface area contributed by atoms with Gasteiger partial charge in [0.15, 0.2) is 5.82 Å². The van der Waals surface area contributed by atoms with Gasteiger partial charge in [-0.15, -0.1) is 16.7 Å². The minimum absolute atomic E-state index is 0.259. The highest BCUT2D eigenvalue weighted by atomic mass is 35.5. The molecule has 0 amide bonds. The van der Waals surface area contributed by atoms with Crippen molar-refractivity contribution in [3.8, 4) is 0 Å². The average Bonchev–Trinajstić information content (AvgIpc) is 2.50. The summed E-state index contributed by atoms with van der Waals surface area (Å²) in [5.74, 6) is 1.61. The first-order valence-corrected chi connectivity index (χ1v) is 5.29. The van der Waals surface area contributed by atoms with Crippen LogP contribution in [0.3, 0.4) is 0 Å². The van der Waals surface area contributed by atoms with Crippen LogP contribution in [0.2, 0.25) is 0 Å². The summed E-state index contributed by atoms with van der Waals surface area (Å²) in [6.45, 7) is 9.64. The van der Waals surface area contributed by atoms with Gasteiger partial charge in [0.2, 0.25) is 0 Å². The Balaban J connectivity index is 2.69. The Morgan fingerprint density at radius 2 is 2.07 bits per heavy atom. The van der Waals surface area contributed by atoms with Crippen LogP contribution in [-0.4, -0.2) is 20.2 Å². The molecule has 4 nitrogen and oxygen atoms in total. The molecule has 1 atom stereocenters. The zero-order chi connectivity index (χ0) is 10.8. The molecule has 14 heavy (non-hydrogen) atoms. The summed E-state index contributed by atoms with van der Waals surface area (Å²) < 4.78 is 1.78. The predicted molar refractivity (Wildman–Crippen MR) is 56.0 cm³/mol. The second kappa shape index (κ2) is 4.26. The van der Waals surface area contributed by atoms with E-state index in [1.54, 1.807) is 4.68 Å². The minimum Gasteiger partial charge on any atom is -0.228 e. The lowest BCUT2D eigenvalue weighted by molar-refractivity contribution is 0.222. The molecule has 5 heteroatoms. The molecule has 0 saturated heterocycles. The lowest BCUT2D eigenvalue weighted by atomic mass is 9.82. The minimum atomic E-state index is 0.259. The van der Waals surface area contributed by atoms with Crippen molar-refractivity contribution in [2.24, 2.45) is 11.3 Å². The van der Waals surface area contributed by atoms with Gasteiger partial charge < -0.3 is 0 Å². The summed E-state index contributed by atoms with van der Waals surface area (Å²) in [4.78, 5) is 0. The molecule has 0 aliphatic carbocycles. The van der Waals surface area contributed by atoms with Crippen molar-refractivity contribution in [1.82, 2.24) is 20.2 Å². The molecule has 0 radical (unpaired) electrons. The SMILES string of the molecule is CC(Cn1nnnc1CCl)C(C)(C)C. The van der Waals surface area contributed by atoms with Crippen LogP contribution in [0.4, 0.5) is 0 Å². The standard InChI is InChI=1S/C9H17ClN4/c1-7(9(2,3)4)6-14-8(5-10)11-12-13-14/h7H,5-6H2,1-4H3. The summed E-state index contributed by atoms with van der Waals surface area (Å²) in [5, 5.41) is 11.4. The molecule has 80 valence electrons. The fraction of sp³-hybridized carbons (Fsp3) is 0.889. The number of tetrazole rings is 1. The van der Waals surface area contributed by atoms with Crippen molar-refractivity contribution in [1.29, 1.82) is 0 Å². The number of nitrogens with zero attached hydrogens (tertiary/aromatic N) is 4. The first kappa shape index (κ1) is 11.4. The molecule has 0 N–H and O–H groups in total. The van der Waals surface area contributed by atoms with E-state index in [4.69, 9.17) is 11.6 Å². The van der Waals surface area contributed by atoms with Gasteiger partial charge in [-0.1, -0.05) is 27.7 Å². The van der Waals surface area contributed by atoms with Crippen LogP contribution in [0.1, 0.15) is 33.5 Å². The molecule has 0 aromatic carbocycles. The van der Waals surface area contributed by atoms with Crippen molar-refractivity contribution in [2.75, 3.05) is 0 Å². The Labute approximate surface area is 89.6 Å². The monoisotopic (exact) mass is 216 g/mol. The van der Waals surface area contributed by atoms with Crippen LogP contribution in [0, 0.1) is 11.3 Å². The molecule has 0 spiro atoms. The van der Waals surface area contributed by atoms with E-state index in [2.05, 4.69) is 43.2 Å². The fourth-order valence-corrected chi connectivity index (χ4v) is 1.19. The van der Waals surface area contributed by atoms with Gasteiger partial charge in [-0.2, -0.15) is 0 Å². The van der Waals surface area contributed by atoms with E-state index in [1.807, 2.05) is 0 Å². The van der Waals surface area contributed by atoms with Crippen molar-refractivity contribution in [3.63, 3.8) is 0 Å². The third kappa shape index (κ3) is 2.67. The number of halogens is 1. The average molecular weight is 217 g/mol. The normalized spacial score (nSPS) is 14.4. The van der Waals surface area contributed by atoms with E-state index >= 15 is 0 Å². The van der Waals surface area contributed by atoms with Gasteiger partial charge in [-0.3, -0.25) is 0 Å². The lowest BCUT2D eigenvalue weighted by Crippen LogP contribution is -2.23. The Morgan fingerprint density at radius 3 is 2.57 bits per heavy atom. The maximum absolute atomic E-state index is 5.71. The topological polar surface area (TPSA) is 43.6 Å². The summed E-state index contributed by atoms with van der Waals surface area (Å²) in [7, 11) is 0. The third-order valence-corrected chi connectivity index (χ3v) is 2.89. The maximum atomic E-state index is 5.71. The first-order valence-electron chi connectivity index (χ1n) is 4.76. The molecule has 1 unspecified atom stereocenters. The number of hydrogen-bond donors (Lipinski definition) is 0. The Morgan fingerprint density at radius 1 is 1.43 bits per heavy atom. The Bertz CT molecular complexity index is 289. The highest BCUT2D eigenvalue weighted by Gasteiger charge is 2.21. The molecule has 0 saturated carbocycles. The zero-order valence-electron chi connectivity index (χ0n) is 9.16. The number of rotatable bonds is 3. The number of aromatic nitrogens is 4. The van der Waals surface area contributed by atoms with E-state index < -0.39 is 0 Å². The largest absolute Gasteiger partial charge is 0.228 e. The number of alkyl halides is 1. The van der Waals surface area contributed by atoms with Crippen LogP contribution < -0.4 is 0 Å². The van der Waals surface area contributed by atoms with Crippen LogP contribution in [0.15, 0.2) is 0 Å². The first-order chi connectivity index (χ1) is 6.45. The fourth-order valence-electron chi connectivity index (χ4n) is 0.994. The molecule has 1 aromatic heterocycles. The van der Waals surface area contributed by atoms with E-state index in [-0.39, 0.29) is 5.41 Å². The molecule has 1 aromatic rings. The molecular weight excluding hydrogens is 200 g/mol. The van der Waals surface area contributed by atoms with E-state index in [0.717, 1.165) is 12.4 Å². The van der Waals surface area contributed by atoms with E-state index in [0.29, 0.717) is 11.8 Å². The van der Waals surface area contributed by atoms with Crippen LogP contribution >= 0.6 is 11.6 Å². The molecule has 0 bridgehead atoms. The predicted octanol–water partition coefficient (Wildman–Crippen LogP) is 2.09. The van der Waals surface area contributed by atoms with Gasteiger partial charge in [0, 0.05) is 6.54 Å². The summed E-state index contributed by atoms with van der Waals surface area (Å²) in [5.41, 5.74) is 0.259. The van der Waals surface area contributed by atoms with Gasteiger partial charge in [0.1, 0.15) is 0 Å². The van der Waals surface area contributed by atoms with Gasteiger partial charge in [0.05, 0.1) is 5.88 Å². The van der Waals surface area contributed by atoms with Gasteiger partial charge in [0.25, 0.3) is 0 Å². The van der Waals surface area contributed by atoms with Crippen molar-refractivity contribution < 1.29 is 0 Å². The highest BCUT2D eigenvalue weighted by molar-refractivity contribution is 6.16. The van der Waals surface area contributed by atoms with Gasteiger partial charge in [-0.05, 0) is 21.8 Å². The van der Waals surface area contributed by atoms with Crippen LogP contribution in [0.5, 0.6) is 0 Å². The van der Waals surface area contributed by atoms with Crippen LogP contribution in [-0.2, 0) is 12.4 Å². The molecule has 1 rings (SSSR count). The second-order valence-corrected chi connectivity index (χ2v) is 4.95. The lowest BCUT2D eigenvalue weighted by Gasteiger charge is -2.26. The number of hydrogen-bond acceptors (Lipinski definition) is 3. The quantitative estimate of drug-likeness (QED) is 0.727. The Hall–Kier alpha value is -0.640. The van der Waals surface area contributed by atoms with Crippen molar-refractivity contribution >= 4 is 11.6 Å². The second-order valence-electron chi connectivity index (χ2n) is 4.68. The molecular formula is C9H17ClN4. The van der Waals surface area contributed by atoms with Gasteiger partial charge in [-0.25, -0.2) is 4.68 Å². The van der Waals surface area contributed by atoms with Crippen LogP contribution in [0.25, 0.3) is 0 Å². The van der Waals surface area contributed by atoms with E-state index in [9.17, 15) is 0 Å². The maximum Gasteiger partial charge on any atom is 0.166 e. The zero-order valence-corrected chi connectivity index (χ0v) is 9.91. The molecule has 1 heterocycles. The summed E-state index contributed by atoms with van der Waals surface area (Å²) >= 11 is 5.71. The van der Waals surface area contributed by atoms with Gasteiger partial charge >= 0.3 is 0 Å². The molecule has 0 aliphatic heterocycles. The summed E-state index contributed by atoms with van der Waals surface area (Å²) in [6.07, 6.45) is 0. The van der Waals surface area contributed by atoms with Crippen molar-refractivity contribution in [3.05, 3.63) is 5.82 Å². The molecule has 0 aliphatic rings. The highest BCUT2D eigenvalue weighted by Crippen LogP contribution is 2.26. The smallest absolute Gasteiger partial charge is 0.166 e. The summed E-state index contributed by atoms with van der Waals surface area (Å²) in [6, 6.07) is 0. The van der Waals surface area contributed by atoms with Crippen molar-refractivity contribution in [2.45, 2.75) is 40.1 Å².